The summed E-state index contributed by atoms with van der Waals surface area (Å²) in [6.45, 7) is 1.81. The fourth-order valence-electron chi connectivity index (χ4n) is 4.03. The second-order valence-electron chi connectivity index (χ2n) is 6.98. The summed E-state index contributed by atoms with van der Waals surface area (Å²) in [5.74, 6) is 1.35. The molecule has 1 heterocycles. The molecular formula is C19H28N2O. The van der Waals surface area contributed by atoms with E-state index >= 15 is 0 Å². The minimum absolute atomic E-state index is 0.236. The minimum Gasteiger partial charge on any atom is -0.343 e. The number of nitrogens with zero attached hydrogens (tertiary/aromatic N) is 1. The van der Waals surface area contributed by atoms with E-state index in [4.69, 9.17) is 5.73 Å². The Balaban J connectivity index is 1.49. The van der Waals surface area contributed by atoms with Crippen LogP contribution >= 0.6 is 0 Å². The lowest BCUT2D eigenvalue weighted by Crippen LogP contribution is -2.41. The number of amides is 1. The van der Waals surface area contributed by atoms with Crippen molar-refractivity contribution in [2.75, 3.05) is 13.1 Å². The third-order valence-corrected chi connectivity index (χ3v) is 5.52. The van der Waals surface area contributed by atoms with E-state index in [1.165, 1.54) is 18.4 Å². The Hall–Kier alpha value is -1.35. The predicted molar refractivity (Wildman–Crippen MR) is 89.5 cm³/mol. The third kappa shape index (κ3) is 3.70. The highest BCUT2D eigenvalue weighted by Gasteiger charge is 2.28. The summed E-state index contributed by atoms with van der Waals surface area (Å²) in [5, 5.41) is 0. The molecule has 2 unspecified atom stereocenters. The zero-order valence-corrected chi connectivity index (χ0v) is 13.4. The Morgan fingerprint density at radius 1 is 1.05 bits per heavy atom. The number of likely N-dealkylation sites (tertiary alicyclic amines) is 1. The van der Waals surface area contributed by atoms with Crippen molar-refractivity contribution in [2.45, 2.75) is 56.9 Å². The molecule has 2 N–H and O–H groups in total. The zero-order chi connectivity index (χ0) is 15.4. The van der Waals surface area contributed by atoms with Crippen LogP contribution in [0.4, 0.5) is 0 Å². The van der Waals surface area contributed by atoms with Crippen LogP contribution in [0.15, 0.2) is 30.3 Å². The van der Waals surface area contributed by atoms with E-state index in [0.717, 1.165) is 38.8 Å². The van der Waals surface area contributed by atoms with Crippen molar-refractivity contribution in [2.24, 2.45) is 11.7 Å². The van der Waals surface area contributed by atoms with E-state index in [0.29, 0.717) is 24.2 Å². The molecule has 3 rings (SSSR count). The van der Waals surface area contributed by atoms with Gasteiger partial charge in [0, 0.05) is 25.6 Å². The van der Waals surface area contributed by atoms with E-state index < -0.39 is 0 Å². The minimum atomic E-state index is 0.236. The van der Waals surface area contributed by atoms with E-state index in [-0.39, 0.29) is 6.04 Å². The Morgan fingerprint density at radius 2 is 1.73 bits per heavy atom. The van der Waals surface area contributed by atoms with Gasteiger partial charge in [-0.15, -0.1) is 0 Å². The molecule has 1 aliphatic heterocycles. The van der Waals surface area contributed by atoms with Gasteiger partial charge in [-0.2, -0.15) is 0 Å². The summed E-state index contributed by atoms with van der Waals surface area (Å²) < 4.78 is 0. The zero-order valence-electron chi connectivity index (χ0n) is 13.4. The van der Waals surface area contributed by atoms with Crippen molar-refractivity contribution in [1.29, 1.82) is 0 Å². The van der Waals surface area contributed by atoms with Gasteiger partial charge >= 0.3 is 0 Å². The molecule has 1 aromatic carbocycles. The van der Waals surface area contributed by atoms with E-state index in [9.17, 15) is 4.79 Å². The molecule has 22 heavy (non-hydrogen) atoms. The lowest BCUT2D eigenvalue weighted by Gasteiger charge is -2.35. The van der Waals surface area contributed by atoms with Crippen molar-refractivity contribution in [3.8, 4) is 0 Å². The lowest BCUT2D eigenvalue weighted by molar-refractivity contribution is -0.133. The Morgan fingerprint density at radius 3 is 2.41 bits per heavy atom. The molecule has 3 nitrogen and oxygen atoms in total. The molecule has 1 saturated heterocycles. The summed E-state index contributed by atoms with van der Waals surface area (Å²) in [4.78, 5) is 14.6. The number of hydrogen-bond donors (Lipinski definition) is 1. The van der Waals surface area contributed by atoms with Crippen LogP contribution in [-0.2, 0) is 4.79 Å². The largest absolute Gasteiger partial charge is 0.343 e. The van der Waals surface area contributed by atoms with Crippen LogP contribution in [-0.4, -0.2) is 29.9 Å². The first-order valence-electron chi connectivity index (χ1n) is 8.82. The van der Waals surface area contributed by atoms with Gasteiger partial charge in [0.25, 0.3) is 0 Å². The molecule has 3 heteroatoms. The molecule has 120 valence electrons. The first-order chi connectivity index (χ1) is 10.7. The lowest BCUT2D eigenvalue weighted by atomic mass is 9.82. The molecule has 1 aromatic rings. The highest BCUT2D eigenvalue weighted by Crippen LogP contribution is 2.30. The number of carbonyl (C=O) groups is 1. The topological polar surface area (TPSA) is 46.3 Å². The average Bonchev–Trinajstić information content (AvgIpc) is 2.58. The van der Waals surface area contributed by atoms with E-state index in [2.05, 4.69) is 35.2 Å². The van der Waals surface area contributed by atoms with Gasteiger partial charge < -0.3 is 10.6 Å². The molecule has 2 aliphatic rings. The van der Waals surface area contributed by atoms with E-state index in [1.807, 2.05) is 0 Å². The maximum absolute atomic E-state index is 12.5. The van der Waals surface area contributed by atoms with Crippen LogP contribution in [0.2, 0.25) is 0 Å². The quantitative estimate of drug-likeness (QED) is 0.931. The van der Waals surface area contributed by atoms with Crippen LogP contribution in [0.25, 0.3) is 0 Å². The van der Waals surface area contributed by atoms with Crippen LogP contribution < -0.4 is 5.73 Å². The Labute approximate surface area is 133 Å². The Kier molecular flexibility index (Phi) is 5.14. The number of piperidine rings is 1. The molecule has 1 amide bonds. The van der Waals surface area contributed by atoms with Crippen molar-refractivity contribution in [1.82, 2.24) is 4.90 Å². The third-order valence-electron chi connectivity index (χ3n) is 5.52. The molecule has 0 aromatic heterocycles. The standard InChI is InChI=1S/C19H28N2O/c20-18-9-5-4-8-17(18)14-19(22)21-12-10-16(11-13-21)15-6-2-1-3-7-15/h1-3,6-7,16-18H,4-5,8-14,20H2. The van der Waals surface area contributed by atoms with Gasteiger partial charge in [0.15, 0.2) is 0 Å². The summed E-state index contributed by atoms with van der Waals surface area (Å²) in [6, 6.07) is 10.9. The van der Waals surface area contributed by atoms with Gasteiger partial charge in [0.05, 0.1) is 0 Å². The van der Waals surface area contributed by atoms with Crippen LogP contribution in [0, 0.1) is 5.92 Å². The van der Waals surface area contributed by atoms with Crippen molar-refractivity contribution in [3.05, 3.63) is 35.9 Å². The first kappa shape index (κ1) is 15.5. The molecular weight excluding hydrogens is 272 g/mol. The van der Waals surface area contributed by atoms with Crippen molar-refractivity contribution in [3.63, 3.8) is 0 Å². The monoisotopic (exact) mass is 300 g/mol. The van der Waals surface area contributed by atoms with Gasteiger partial charge in [0.1, 0.15) is 0 Å². The fraction of sp³-hybridized carbons (Fsp3) is 0.632. The number of carbonyl (C=O) groups excluding carboxylic acids is 1. The molecule has 1 aliphatic carbocycles. The van der Waals surface area contributed by atoms with E-state index in [1.54, 1.807) is 0 Å². The van der Waals surface area contributed by atoms with Crippen LogP contribution in [0.1, 0.15) is 56.4 Å². The smallest absolute Gasteiger partial charge is 0.222 e. The highest BCUT2D eigenvalue weighted by molar-refractivity contribution is 5.76. The van der Waals surface area contributed by atoms with Gasteiger partial charge in [-0.3, -0.25) is 4.79 Å². The average molecular weight is 300 g/mol. The molecule has 1 saturated carbocycles. The van der Waals surface area contributed by atoms with Gasteiger partial charge in [0.2, 0.25) is 5.91 Å². The number of nitrogens with two attached hydrogens (primary N) is 1. The van der Waals surface area contributed by atoms with Crippen molar-refractivity contribution < 1.29 is 4.79 Å². The second kappa shape index (κ2) is 7.28. The van der Waals surface area contributed by atoms with Gasteiger partial charge in [-0.1, -0.05) is 43.2 Å². The summed E-state index contributed by atoms with van der Waals surface area (Å²) in [5.41, 5.74) is 7.60. The number of rotatable bonds is 3. The summed E-state index contributed by atoms with van der Waals surface area (Å²) in [7, 11) is 0. The van der Waals surface area contributed by atoms with Gasteiger partial charge in [-0.25, -0.2) is 0 Å². The predicted octanol–water partition coefficient (Wildman–Crippen LogP) is 3.30. The molecule has 0 bridgehead atoms. The normalized spacial score (nSPS) is 26.9. The summed E-state index contributed by atoms with van der Waals surface area (Å²) >= 11 is 0. The van der Waals surface area contributed by atoms with Crippen LogP contribution in [0.5, 0.6) is 0 Å². The number of benzene rings is 1. The molecule has 2 atom stereocenters. The van der Waals surface area contributed by atoms with Crippen molar-refractivity contribution >= 4 is 5.91 Å². The SMILES string of the molecule is NC1CCCCC1CC(=O)N1CCC(c2ccccc2)CC1. The first-order valence-corrected chi connectivity index (χ1v) is 8.82. The molecule has 0 radical (unpaired) electrons. The maximum atomic E-state index is 12.5. The number of hydrogen-bond acceptors (Lipinski definition) is 2. The highest BCUT2D eigenvalue weighted by atomic mass is 16.2. The van der Waals surface area contributed by atoms with Gasteiger partial charge in [-0.05, 0) is 43.1 Å². The Bertz CT molecular complexity index is 479. The summed E-state index contributed by atoms with van der Waals surface area (Å²) in [6.07, 6.45) is 7.54. The van der Waals surface area contributed by atoms with Crippen LogP contribution in [0.3, 0.4) is 0 Å². The maximum Gasteiger partial charge on any atom is 0.222 e. The molecule has 2 fully saturated rings. The second-order valence-corrected chi connectivity index (χ2v) is 6.98. The molecule has 0 spiro atoms. The fourth-order valence-corrected chi connectivity index (χ4v) is 4.03.